The standard InChI is InChI=1S/C17H20N2O2.C10H12N2O.C10H13NO3.C6H12.C5H8N2O.C5H7NO2.C5H8O2.C2H7N.C2H6O2.2CH4.K.Na.H2O/c1-4-19-13(3)12(2)10-15(17(19)21)16(20)18-11-14-8-6-5-7-9-14;1-5-12-8(3)7(2)6-9(11-4)10(12)13;1-4-11-7(3)6(2)5-8(9(11)12)10(13)14;1-2-4-6-5-3-1;1-3-7-5(8)4-6-2;1-3-8-5(7)4-6-2;1-4(3-6)5(2)7;1-2-3;1-2-4-3;;;;;/h5-10H,4,11H2,1-3H3,(H,18,20);6H,5H2,1-3H3;5H,4H2,1-3H3,(H,13,14);1-6H2;3-4H2,1H3,(H,7,8);3-4H2,1H3;3,6H,1-2H3;2-3H2,1H3;3H,2H2,1H3;2*1H4;;;1H2/q;;;;;;;;;;;2*+1;/p-2/b;;;;;;4-3+;;;;;;;. The molecule has 0 saturated heterocycles. The van der Waals surface area contributed by atoms with E-state index in [2.05, 4.69) is 34.8 Å². The first kappa shape index (κ1) is 102. The number of carboxylic acids is 1. The summed E-state index contributed by atoms with van der Waals surface area (Å²) in [5.41, 5.74) is 11.0. The molecule has 5 rings (SSSR count). The zero-order valence-electron chi connectivity index (χ0n) is 54.6. The van der Waals surface area contributed by atoms with E-state index in [1.807, 2.05) is 99.6 Å². The number of hydrogen-bond donors (Lipinski definition) is 5. The summed E-state index contributed by atoms with van der Waals surface area (Å²) in [6.07, 6.45) is 9.56. The maximum absolute atomic E-state index is 12.3. The number of ketones is 1. The number of hydrogen-bond acceptors (Lipinski definition) is 14. The van der Waals surface area contributed by atoms with Gasteiger partial charge in [-0.25, -0.2) is 32.5 Å². The van der Waals surface area contributed by atoms with Crippen LogP contribution in [0.3, 0.4) is 0 Å². The first-order chi connectivity index (χ1) is 39.8. The Balaban J connectivity index is -0.000000121. The molecule has 1 saturated carbocycles. The van der Waals surface area contributed by atoms with E-state index in [1.165, 1.54) is 63.0 Å². The summed E-state index contributed by atoms with van der Waals surface area (Å²) in [6.45, 7) is 50.2. The molecular weight excluding hydrogens is 1180 g/mol. The summed E-state index contributed by atoms with van der Waals surface area (Å²) in [5.74, 6) is -2.28. The molecule has 0 radical (unpaired) electrons. The van der Waals surface area contributed by atoms with Gasteiger partial charge < -0.3 is 60.2 Å². The van der Waals surface area contributed by atoms with Crippen LogP contribution in [0, 0.1) is 61.3 Å². The Kier molecular flexibility index (Phi) is 73.0. The van der Waals surface area contributed by atoms with Gasteiger partial charge in [0.25, 0.3) is 40.7 Å². The number of aromatic carboxylic acids is 1. The predicted molar refractivity (Wildman–Crippen MR) is 343 cm³/mol. The van der Waals surface area contributed by atoms with Gasteiger partial charge in [0.15, 0.2) is 5.78 Å². The van der Waals surface area contributed by atoms with Crippen LogP contribution in [0.25, 0.3) is 14.5 Å². The van der Waals surface area contributed by atoms with Crippen molar-refractivity contribution in [2.45, 2.75) is 183 Å². The molecule has 1 aromatic carbocycles. The number of Topliss-reactive ketones (excluding diaryl/α,β-unsaturated/α-hetero) is 1. The Morgan fingerprint density at radius 2 is 1.04 bits per heavy atom. The third-order valence-electron chi connectivity index (χ3n) is 11.7. The molecule has 1 aliphatic carbocycles. The van der Waals surface area contributed by atoms with E-state index in [9.17, 15) is 43.5 Å². The van der Waals surface area contributed by atoms with Crippen LogP contribution in [-0.2, 0) is 50.2 Å². The number of amides is 2. The third kappa shape index (κ3) is 45.1. The second-order valence-electron chi connectivity index (χ2n) is 17.9. The van der Waals surface area contributed by atoms with Crippen LogP contribution >= 0.6 is 0 Å². The van der Waals surface area contributed by atoms with Crippen LogP contribution in [0.15, 0.2) is 74.7 Å². The minimum Gasteiger partial charge on any atom is -0.878 e. The van der Waals surface area contributed by atoms with Crippen molar-refractivity contribution in [1.29, 1.82) is 0 Å². The number of carboxylic acid groups (broad SMARTS) is 1. The number of carbonyl (C=O) groups excluding carboxylic acids is 4. The molecule has 0 atom stereocenters. The molecule has 3 aromatic heterocycles. The monoisotopic (exact) mass is 1280 g/mol. The number of allylic oxidation sites excluding steroid dienone is 1. The number of pyridine rings is 3. The van der Waals surface area contributed by atoms with Crippen LogP contribution in [0.1, 0.15) is 176 Å². The fourth-order valence-electron chi connectivity index (χ4n) is 6.81. The van der Waals surface area contributed by atoms with Crippen molar-refractivity contribution in [3.05, 3.63) is 176 Å². The quantitative estimate of drug-likeness (QED) is 0.0241. The van der Waals surface area contributed by atoms with E-state index in [0.29, 0.717) is 52.2 Å². The number of rotatable bonds is 13. The van der Waals surface area contributed by atoms with E-state index < -0.39 is 17.5 Å². The number of nitrogens with one attached hydrogen (secondary N) is 2. The molecule has 3 heterocycles. The Labute approximate surface area is 594 Å². The van der Waals surface area contributed by atoms with Crippen molar-refractivity contribution in [2.24, 2.45) is 5.73 Å². The number of aromatic nitrogens is 3. The van der Waals surface area contributed by atoms with Crippen LogP contribution in [0.5, 0.6) is 0 Å². The van der Waals surface area contributed by atoms with Gasteiger partial charge in [-0.15, -0.1) is 6.26 Å². The van der Waals surface area contributed by atoms with Crippen LogP contribution in [0.4, 0.5) is 5.69 Å². The van der Waals surface area contributed by atoms with Crippen LogP contribution < -0.4 is 119 Å². The van der Waals surface area contributed by atoms with Crippen molar-refractivity contribution in [1.82, 2.24) is 24.3 Å². The summed E-state index contributed by atoms with van der Waals surface area (Å²) < 4.78 is 9.16. The summed E-state index contributed by atoms with van der Waals surface area (Å²) in [6, 6.07) is 14.4. The van der Waals surface area contributed by atoms with E-state index in [0.717, 1.165) is 45.9 Å². The number of aryl methyl sites for hydroxylation is 3. The molecule has 0 aliphatic heterocycles. The Morgan fingerprint density at radius 3 is 1.36 bits per heavy atom. The second kappa shape index (κ2) is 63.7. The molecule has 1 aliphatic rings. The van der Waals surface area contributed by atoms with Gasteiger partial charge in [-0.2, -0.15) is 0 Å². The van der Waals surface area contributed by atoms with E-state index in [4.69, 9.17) is 35.8 Å². The van der Waals surface area contributed by atoms with Crippen molar-refractivity contribution in [3.8, 4) is 0 Å². The molecule has 7 N–H and O–H groups in total. The number of likely N-dealkylation sites (N-methyl/N-ethyl adjacent to an activating group) is 1. The number of nitrogens with zero attached hydrogens (tertiary/aromatic N) is 6. The average molecular weight is 1280 g/mol. The summed E-state index contributed by atoms with van der Waals surface area (Å²) >= 11 is 0. The smallest absolute Gasteiger partial charge is 0.878 e. The molecule has 0 spiro atoms. The minimum atomic E-state index is -1.17. The van der Waals surface area contributed by atoms with Crippen molar-refractivity contribution in [3.63, 3.8) is 0 Å². The number of ether oxygens (including phenoxy) is 1. The molecule has 2 amide bonds. The summed E-state index contributed by atoms with van der Waals surface area (Å²) in [7, 11) is 0. The molecule has 25 heteroatoms. The van der Waals surface area contributed by atoms with Crippen molar-refractivity contribution >= 4 is 35.2 Å². The number of carbonyl (C=O) groups is 5. The first-order valence-corrected chi connectivity index (χ1v) is 27.7. The number of benzene rings is 1. The topological polar surface area (TPSA) is 326 Å². The molecule has 0 unspecified atom stereocenters. The predicted octanol–water partition coefficient (Wildman–Crippen LogP) is 3.89. The van der Waals surface area contributed by atoms with Gasteiger partial charge in [0, 0.05) is 49.8 Å². The van der Waals surface area contributed by atoms with Crippen molar-refractivity contribution in [2.75, 3.05) is 39.4 Å². The molecule has 1 fully saturated rings. The molecule has 0 bridgehead atoms. The van der Waals surface area contributed by atoms with Gasteiger partial charge in [0.05, 0.1) is 19.8 Å². The van der Waals surface area contributed by atoms with Gasteiger partial charge in [-0.1, -0.05) is 90.6 Å². The number of esters is 1. The van der Waals surface area contributed by atoms with E-state index >= 15 is 0 Å². The fraction of sp³-hybridized carbons (Fsp3) is 0.516. The largest absolute Gasteiger partial charge is 1.00 e. The van der Waals surface area contributed by atoms with Gasteiger partial charge >= 0.3 is 99.4 Å². The van der Waals surface area contributed by atoms with Gasteiger partial charge in [-0.05, 0) is 150 Å². The molecule has 488 valence electrons. The first-order valence-electron chi connectivity index (χ1n) is 27.7. The molecule has 89 heavy (non-hydrogen) atoms. The zero-order chi connectivity index (χ0) is 65.3. The third-order valence-corrected chi connectivity index (χ3v) is 11.7. The SMILES string of the molecule is C.C.C1CCCCC1.CC(=O)/C(C)=C/[O-].CCN.CCOO.CCn1c(C)c(C)cc(C(=O)NCc2ccccc2)c1=O.CCn1c(C)c(C)cc(C(=O)O)c1=O.[C-]#[N+]CC(=O)NCC.[C-]#[N+]CC(=O)OCC.[C-]#[N+]c1cc(C)c(C)n(CC)c1=O.[K+].[Na+].[OH-]. The zero-order valence-corrected chi connectivity index (χ0v) is 59.7. The summed E-state index contributed by atoms with van der Waals surface area (Å²) in [5, 5.41) is 31.1. The fourth-order valence-corrected chi connectivity index (χ4v) is 6.81. The second-order valence-corrected chi connectivity index (χ2v) is 17.9. The van der Waals surface area contributed by atoms with Crippen molar-refractivity contribution < 1.29 is 135 Å². The maximum Gasteiger partial charge on any atom is 1.00 e. The van der Waals surface area contributed by atoms with Gasteiger partial charge in [-0.3, -0.25) is 34.0 Å². The average Bonchev–Trinajstić information content (AvgIpc) is 2.48. The van der Waals surface area contributed by atoms with E-state index in [-0.39, 0.29) is 165 Å². The van der Waals surface area contributed by atoms with Crippen LogP contribution in [0.2, 0.25) is 0 Å². The minimum absolute atomic E-state index is 0. The maximum atomic E-state index is 12.3. The Bertz CT molecular complexity index is 2930. The molecule has 4 aromatic rings. The van der Waals surface area contributed by atoms with Gasteiger partial charge in [0.1, 0.15) is 11.1 Å². The Hall–Kier alpha value is -5.89. The van der Waals surface area contributed by atoms with Crippen LogP contribution in [-0.4, -0.2) is 98.5 Å². The Morgan fingerprint density at radius 1 is 0.663 bits per heavy atom. The summed E-state index contributed by atoms with van der Waals surface area (Å²) in [4.78, 5) is 102. The normalized spacial score (nSPS) is 9.89. The van der Waals surface area contributed by atoms with Gasteiger partial charge in [0.2, 0.25) is 0 Å². The molecule has 23 nitrogen and oxygen atoms in total. The van der Waals surface area contributed by atoms with E-state index in [1.54, 1.807) is 42.0 Å². The number of nitrogens with two attached hydrogens (primary N) is 1. The molecular formula is C64H101KN9NaO14.